The van der Waals surface area contributed by atoms with Crippen LogP contribution in [0.2, 0.25) is 0 Å². The Morgan fingerprint density at radius 1 is 1.08 bits per heavy atom. The van der Waals surface area contributed by atoms with Crippen LogP contribution in [0.5, 0.6) is 0 Å². The zero-order valence-corrected chi connectivity index (χ0v) is 15.4. The second-order valence-electron chi connectivity index (χ2n) is 5.49. The highest BCUT2D eigenvalue weighted by molar-refractivity contribution is 7.98. The molecule has 5 nitrogen and oxygen atoms in total. The third kappa shape index (κ3) is 4.83. The number of carbonyl (C=O) groups excluding carboxylic acids is 1. The Labute approximate surface area is 146 Å². The van der Waals surface area contributed by atoms with E-state index in [-0.39, 0.29) is 22.4 Å². The Morgan fingerprint density at radius 2 is 1.75 bits per heavy atom. The largest absolute Gasteiger partial charge is 0.322 e. The Kier molecular flexibility index (Phi) is 6.04. The van der Waals surface area contributed by atoms with Gasteiger partial charge in [0.2, 0.25) is 10.0 Å². The average Bonchev–Trinajstić information content (AvgIpc) is 2.54. The maximum Gasteiger partial charge on any atom is 0.255 e. The lowest BCUT2D eigenvalue weighted by Crippen LogP contribution is -2.30. The normalized spacial score (nSPS) is 11.5. The zero-order chi connectivity index (χ0) is 17.7. The van der Waals surface area contributed by atoms with Crippen LogP contribution in [0.25, 0.3) is 0 Å². The summed E-state index contributed by atoms with van der Waals surface area (Å²) in [6.07, 6.45) is 1.98. The van der Waals surface area contributed by atoms with Crippen molar-refractivity contribution in [1.82, 2.24) is 4.72 Å². The van der Waals surface area contributed by atoms with Gasteiger partial charge in [-0.2, -0.15) is 0 Å². The van der Waals surface area contributed by atoms with Crippen LogP contribution in [0.1, 0.15) is 24.2 Å². The van der Waals surface area contributed by atoms with Crippen molar-refractivity contribution in [1.29, 1.82) is 0 Å². The quantitative estimate of drug-likeness (QED) is 0.771. The molecule has 0 spiro atoms. The Bertz CT molecular complexity index is 816. The van der Waals surface area contributed by atoms with Crippen LogP contribution in [-0.4, -0.2) is 26.6 Å². The summed E-state index contributed by atoms with van der Waals surface area (Å²) in [7, 11) is -3.63. The number of hydrogen-bond acceptors (Lipinski definition) is 4. The van der Waals surface area contributed by atoms with E-state index in [1.54, 1.807) is 37.7 Å². The summed E-state index contributed by atoms with van der Waals surface area (Å²) >= 11 is 1.62. The van der Waals surface area contributed by atoms with Gasteiger partial charge in [0.05, 0.1) is 4.90 Å². The molecule has 0 aromatic heterocycles. The molecule has 0 radical (unpaired) electrons. The number of nitrogens with one attached hydrogen (secondary N) is 2. The molecule has 128 valence electrons. The van der Waals surface area contributed by atoms with Crippen molar-refractivity contribution in [3.63, 3.8) is 0 Å². The molecule has 2 rings (SSSR count). The molecular weight excluding hydrogens is 344 g/mol. The average molecular weight is 364 g/mol. The van der Waals surface area contributed by atoms with Gasteiger partial charge < -0.3 is 5.32 Å². The predicted molar refractivity (Wildman–Crippen MR) is 98.1 cm³/mol. The summed E-state index contributed by atoms with van der Waals surface area (Å²) in [4.78, 5) is 13.5. The Balaban J connectivity index is 2.19. The van der Waals surface area contributed by atoms with E-state index in [0.717, 1.165) is 4.90 Å². The van der Waals surface area contributed by atoms with E-state index in [4.69, 9.17) is 0 Å². The van der Waals surface area contributed by atoms with E-state index in [1.807, 2.05) is 30.5 Å². The number of hydrogen-bond donors (Lipinski definition) is 2. The molecule has 2 N–H and O–H groups in total. The summed E-state index contributed by atoms with van der Waals surface area (Å²) in [6, 6.07) is 13.2. The Morgan fingerprint density at radius 3 is 2.33 bits per heavy atom. The third-order valence-electron chi connectivity index (χ3n) is 3.15. The summed E-state index contributed by atoms with van der Waals surface area (Å²) in [5.74, 6) is -0.353. The molecular formula is C17H20N2O3S2. The molecule has 0 atom stereocenters. The van der Waals surface area contributed by atoms with E-state index in [2.05, 4.69) is 10.0 Å². The van der Waals surface area contributed by atoms with Gasteiger partial charge in [-0.1, -0.05) is 6.07 Å². The Hall–Kier alpha value is -1.83. The van der Waals surface area contributed by atoms with Gasteiger partial charge in [-0.3, -0.25) is 4.79 Å². The first kappa shape index (κ1) is 18.5. The number of carbonyl (C=O) groups is 1. The molecule has 7 heteroatoms. The minimum atomic E-state index is -3.63. The van der Waals surface area contributed by atoms with Gasteiger partial charge in [-0.05, 0) is 62.6 Å². The fourth-order valence-electron chi connectivity index (χ4n) is 2.06. The van der Waals surface area contributed by atoms with Crippen molar-refractivity contribution in [2.24, 2.45) is 0 Å². The molecule has 0 heterocycles. The maximum absolute atomic E-state index is 12.3. The van der Waals surface area contributed by atoms with Gasteiger partial charge in [0, 0.05) is 22.2 Å². The third-order valence-corrected chi connectivity index (χ3v) is 5.55. The maximum atomic E-state index is 12.3. The lowest BCUT2D eigenvalue weighted by atomic mass is 10.2. The number of amides is 1. The van der Waals surface area contributed by atoms with Crippen LogP contribution in [0.3, 0.4) is 0 Å². The van der Waals surface area contributed by atoms with Crippen LogP contribution >= 0.6 is 11.8 Å². The van der Waals surface area contributed by atoms with Gasteiger partial charge in [0.25, 0.3) is 5.91 Å². The molecule has 2 aromatic carbocycles. The second-order valence-corrected chi connectivity index (χ2v) is 8.08. The van der Waals surface area contributed by atoms with Crippen LogP contribution in [-0.2, 0) is 10.0 Å². The first-order valence-electron chi connectivity index (χ1n) is 7.39. The molecule has 1 amide bonds. The summed E-state index contributed by atoms with van der Waals surface area (Å²) in [6.45, 7) is 3.48. The first-order valence-corrected chi connectivity index (χ1v) is 10.1. The van der Waals surface area contributed by atoms with Crippen LogP contribution < -0.4 is 10.0 Å². The van der Waals surface area contributed by atoms with Crippen LogP contribution in [0.15, 0.2) is 58.3 Å². The molecule has 24 heavy (non-hydrogen) atoms. The summed E-state index contributed by atoms with van der Waals surface area (Å²) in [5, 5.41) is 2.77. The second kappa shape index (κ2) is 7.83. The fourth-order valence-corrected chi connectivity index (χ4v) is 3.77. The van der Waals surface area contributed by atoms with Crippen molar-refractivity contribution < 1.29 is 13.2 Å². The van der Waals surface area contributed by atoms with E-state index in [9.17, 15) is 13.2 Å². The molecule has 0 unspecified atom stereocenters. The monoisotopic (exact) mass is 364 g/mol. The molecule has 0 aliphatic rings. The number of rotatable bonds is 6. The van der Waals surface area contributed by atoms with Gasteiger partial charge in [-0.25, -0.2) is 13.1 Å². The number of thioether (sulfide) groups is 1. The molecule has 0 aliphatic carbocycles. The highest BCUT2D eigenvalue weighted by Crippen LogP contribution is 2.19. The van der Waals surface area contributed by atoms with Crippen molar-refractivity contribution in [3.05, 3.63) is 54.1 Å². The lowest BCUT2D eigenvalue weighted by Gasteiger charge is -2.11. The van der Waals surface area contributed by atoms with Gasteiger partial charge in [-0.15, -0.1) is 11.8 Å². The van der Waals surface area contributed by atoms with Crippen molar-refractivity contribution >= 4 is 33.4 Å². The molecule has 2 aromatic rings. The van der Waals surface area contributed by atoms with E-state index >= 15 is 0 Å². The van der Waals surface area contributed by atoms with Crippen LogP contribution in [0.4, 0.5) is 5.69 Å². The zero-order valence-electron chi connectivity index (χ0n) is 13.7. The predicted octanol–water partition coefficient (Wildman–Crippen LogP) is 3.35. The molecule has 0 saturated heterocycles. The number of benzene rings is 2. The highest BCUT2D eigenvalue weighted by atomic mass is 32.2. The van der Waals surface area contributed by atoms with E-state index in [0.29, 0.717) is 5.69 Å². The summed E-state index contributed by atoms with van der Waals surface area (Å²) < 4.78 is 26.9. The van der Waals surface area contributed by atoms with Crippen molar-refractivity contribution in [2.75, 3.05) is 11.6 Å². The van der Waals surface area contributed by atoms with E-state index in [1.165, 1.54) is 12.1 Å². The molecule has 0 bridgehead atoms. The van der Waals surface area contributed by atoms with Gasteiger partial charge >= 0.3 is 0 Å². The highest BCUT2D eigenvalue weighted by Gasteiger charge is 2.17. The topological polar surface area (TPSA) is 75.3 Å². The SMILES string of the molecule is CSc1ccc(NC(=O)c2cccc(S(=O)(=O)NC(C)C)c2)cc1. The van der Waals surface area contributed by atoms with Crippen LogP contribution in [0, 0.1) is 0 Å². The number of anilines is 1. The molecule has 0 saturated carbocycles. The molecule has 0 fully saturated rings. The summed E-state index contributed by atoms with van der Waals surface area (Å²) in [5.41, 5.74) is 0.946. The van der Waals surface area contributed by atoms with E-state index < -0.39 is 10.0 Å². The number of sulfonamides is 1. The smallest absolute Gasteiger partial charge is 0.255 e. The van der Waals surface area contributed by atoms with Crippen molar-refractivity contribution in [2.45, 2.75) is 29.7 Å². The van der Waals surface area contributed by atoms with Crippen molar-refractivity contribution in [3.8, 4) is 0 Å². The minimum Gasteiger partial charge on any atom is -0.322 e. The van der Waals surface area contributed by atoms with Gasteiger partial charge in [0.1, 0.15) is 0 Å². The first-order chi connectivity index (χ1) is 11.3. The molecule has 0 aliphatic heterocycles. The lowest BCUT2D eigenvalue weighted by molar-refractivity contribution is 0.102. The van der Waals surface area contributed by atoms with Gasteiger partial charge in [0.15, 0.2) is 0 Å². The fraction of sp³-hybridized carbons (Fsp3) is 0.235. The minimum absolute atomic E-state index is 0.0709. The standard InChI is InChI=1S/C17H20N2O3S2/c1-12(2)19-24(21,22)16-6-4-5-13(11-16)17(20)18-14-7-9-15(23-3)10-8-14/h4-12,19H,1-3H3,(H,18,20).